The standard InChI is InChI=1S/C21H24O7/c1-11(2)9-17(25)28-16(7-8-21(3,4)27)12-10-15(24)18-13(22)5-6-14(23)19(18)20(12)26/h5-8,10-11,16,24,26-27H,9H2,1-4H3/b8-7+/t16-/m1/s1. The van der Waals surface area contributed by atoms with Gasteiger partial charge in [-0.25, -0.2) is 0 Å². The molecule has 0 aromatic heterocycles. The average Bonchev–Trinajstić information content (AvgIpc) is 2.55. The Balaban J connectivity index is 2.57. The van der Waals surface area contributed by atoms with Crippen molar-refractivity contribution in [3.8, 4) is 11.5 Å². The maximum absolute atomic E-state index is 12.2. The Morgan fingerprint density at radius 1 is 1.14 bits per heavy atom. The number of ether oxygens (including phenoxy) is 1. The Bertz CT molecular complexity index is 870. The molecule has 28 heavy (non-hydrogen) atoms. The Labute approximate surface area is 163 Å². The summed E-state index contributed by atoms with van der Waals surface area (Å²) in [5.74, 6) is -2.86. The molecule has 3 N–H and O–H groups in total. The number of carbonyl (C=O) groups is 3. The fourth-order valence-corrected chi connectivity index (χ4v) is 2.76. The fraction of sp³-hybridized carbons (Fsp3) is 0.381. The van der Waals surface area contributed by atoms with E-state index in [0.29, 0.717) is 0 Å². The minimum absolute atomic E-state index is 0.0290. The molecule has 0 saturated heterocycles. The van der Waals surface area contributed by atoms with Gasteiger partial charge in [-0.1, -0.05) is 19.9 Å². The molecule has 150 valence electrons. The molecule has 1 aliphatic rings. The second kappa shape index (κ2) is 7.98. The van der Waals surface area contributed by atoms with E-state index in [1.165, 1.54) is 26.0 Å². The number of hydrogen-bond donors (Lipinski definition) is 3. The topological polar surface area (TPSA) is 121 Å². The summed E-state index contributed by atoms with van der Waals surface area (Å²) >= 11 is 0. The van der Waals surface area contributed by atoms with Crippen molar-refractivity contribution in [1.82, 2.24) is 0 Å². The van der Waals surface area contributed by atoms with E-state index in [2.05, 4.69) is 0 Å². The number of fused-ring (bicyclic) bond motifs is 1. The van der Waals surface area contributed by atoms with Crippen molar-refractivity contribution < 1.29 is 34.4 Å². The molecule has 0 spiro atoms. The first-order chi connectivity index (χ1) is 12.9. The van der Waals surface area contributed by atoms with Gasteiger partial charge in [0.2, 0.25) is 0 Å². The molecule has 0 aliphatic heterocycles. The number of allylic oxidation sites excluding steroid dienone is 2. The highest BCUT2D eigenvalue weighted by Crippen LogP contribution is 2.40. The summed E-state index contributed by atoms with van der Waals surface area (Å²) in [5.41, 5.74) is -1.94. The minimum Gasteiger partial charge on any atom is -0.507 e. The van der Waals surface area contributed by atoms with Crippen molar-refractivity contribution in [2.75, 3.05) is 0 Å². The number of ketones is 2. The SMILES string of the molecule is CC(C)CC(=O)O[C@H](/C=C/C(C)(C)O)c1cc(O)c2c(c1O)C(=O)C=CC2=O. The van der Waals surface area contributed by atoms with E-state index in [1.807, 2.05) is 13.8 Å². The summed E-state index contributed by atoms with van der Waals surface area (Å²) in [4.78, 5) is 36.4. The third-order valence-corrected chi connectivity index (χ3v) is 4.01. The van der Waals surface area contributed by atoms with Gasteiger partial charge >= 0.3 is 5.97 Å². The van der Waals surface area contributed by atoms with Gasteiger partial charge in [-0.05, 0) is 44.1 Å². The van der Waals surface area contributed by atoms with Gasteiger partial charge in [0.1, 0.15) is 17.6 Å². The molecular weight excluding hydrogens is 364 g/mol. The number of carbonyl (C=O) groups excluding carboxylic acids is 3. The molecule has 7 nitrogen and oxygen atoms in total. The van der Waals surface area contributed by atoms with E-state index in [0.717, 1.165) is 18.2 Å². The van der Waals surface area contributed by atoms with Gasteiger partial charge in [0.25, 0.3) is 0 Å². The molecule has 0 amide bonds. The fourth-order valence-electron chi connectivity index (χ4n) is 2.76. The van der Waals surface area contributed by atoms with Crippen molar-refractivity contribution >= 4 is 17.5 Å². The molecule has 2 rings (SSSR count). The minimum atomic E-state index is -1.23. The number of aliphatic hydroxyl groups is 1. The first kappa shape index (κ1) is 21.4. The third-order valence-electron chi connectivity index (χ3n) is 4.01. The predicted octanol–water partition coefficient (Wildman–Crippen LogP) is 2.99. The van der Waals surface area contributed by atoms with Crippen LogP contribution in [0.15, 0.2) is 30.4 Å². The number of aromatic hydroxyl groups is 2. The molecule has 1 aliphatic carbocycles. The van der Waals surface area contributed by atoms with Crippen molar-refractivity contribution in [2.45, 2.75) is 45.8 Å². The van der Waals surface area contributed by atoms with Crippen LogP contribution in [-0.2, 0) is 9.53 Å². The smallest absolute Gasteiger partial charge is 0.306 e. The maximum Gasteiger partial charge on any atom is 0.306 e. The lowest BCUT2D eigenvalue weighted by Crippen LogP contribution is -2.18. The summed E-state index contributed by atoms with van der Waals surface area (Å²) in [6.07, 6.45) is 3.66. The molecule has 0 unspecified atom stereocenters. The predicted molar refractivity (Wildman–Crippen MR) is 101 cm³/mol. The van der Waals surface area contributed by atoms with Gasteiger partial charge in [0.05, 0.1) is 16.7 Å². The van der Waals surface area contributed by atoms with Crippen LogP contribution < -0.4 is 0 Å². The number of benzene rings is 1. The van der Waals surface area contributed by atoms with Crippen LogP contribution >= 0.6 is 0 Å². The van der Waals surface area contributed by atoms with E-state index in [-0.39, 0.29) is 29.0 Å². The lowest BCUT2D eigenvalue weighted by molar-refractivity contribution is -0.148. The van der Waals surface area contributed by atoms with Gasteiger partial charge in [-0.3, -0.25) is 14.4 Å². The lowest BCUT2D eigenvalue weighted by Gasteiger charge is -2.22. The number of rotatable bonds is 6. The van der Waals surface area contributed by atoms with Crippen molar-refractivity contribution in [3.05, 3.63) is 47.1 Å². The Kier molecular flexibility index (Phi) is 6.09. The molecule has 0 saturated carbocycles. The van der Waals surface area contributed by atoms with Crippen LogP contribution in [0.25, 0.3) is 0 Å². The van der Waals surface area contributed by atoms with Crippen LogP contribution in [-0.4, -0.2) is 38.5 Å². The molecular formula is C21H24O7. The largest absolute Gasteiger partial charge is 0.507 e. The Morgan fingerprint density at radius 2 is 1.71 bits per heavy atom. The van der Waals surface area contributed by atoms with Gasteiger partial charge in [-0.15, -0.1) is 0 Å². The lowest BCUT2D eigenvalue weighted by atomic mass is 9.89. The monoisotopic (exact) mass is 388 g/mol. The number of hydrogen-bond acceptors (Lipinski definition) is 7. The molecule has 0 radical (unpaired) electrons. The van der Waals surface area contributed by atoms with Crippen LogP contribution in [0.1, 0.15) is 66.5 Å². The second-order valence-electron chi connectivity index (χ2n) is 7.67. The maximum atomic E-state index is 12.2. The zero-order valence-corrected chi connectivity index (χ0v) is 16.2. The number of esters is 1. The summed E-state index contributed by atoms with van der Waals surface area (Å²) in [6, 6.07) is 1.08. The van der Waals surface area contributed by atoms with Crippen LogP contribution in [0.4, 0.5) is 0 Å². The van der Waals surface area contributed by atoms with E-state index < -0.39 is 40.7 Å². The summed E-state index contributed by atoms with van der Waals surface area (Å²) < 4.78 is 5.41. The molecule has 1 atom stereocenters. The van der Waals surface area contributed by atoms with Crippen LogP contribution in [0.2, 0.25) is 0 Å². The molecule has 0 heterocycles. The van der Waals surface area contributed by atoms with Crippen LogP contribution in [0, 0.1) is 5.92 Å². The van der Waals surface area contributed by atoms with Gasteiger partial charge in [0, 0.05) is 12.0 Å². The zero-order valence-electron chi connectivity index (χ0n) is 16.2. The summed E-state index contributed by atoms with van der Waals surface area (Å²) in [5, 5.41) is 30.8. The van der Waals surface area contributed by atoms with Crippen molar-refractivity contribution in [2.24, 2.45) is 5.92 Å². The molecule has 7 heteroatoms. The highest BCUT2D eigenvalue weighted by molar-refractivity contribution is 6.24. The van der Waals surface area contributed by atoms with Crippen LogP contribution in [0.5, 0.6) is 11.5 Å². The molecule has 0 bridgehead atoms. The molecule has 0 fully saturated rings. The molecule has 1 aromatic rings. The van der Waals surface area contributed by atoms with E-state index >= 15 is 0 Å². The van der Waals surface area contributed by atoms with Gasteiger partial charge in [-0.2, -0.15) is 0 Å². The second-order valence-corrected chi connectivity index (χ2v) is 7.67. The third kappa shape index (κ3) is 4.86. The number of phenols is 2. The molecule has 1 aromatic carbocycles. The quantitative estimate of drug-likeness (QED) is 0.389. The normalized spacial score (nSPS) is 15.2. The first-order valence-corrected chi connectivity index (χ1v) is 8.87. The van der Waals surface area contributed by atoms with Gasteiger partial charge < -0.3 is 20.1 Å². The van der Waals surface area contributed by atoms with E-state index in [4.69, 9.17) is 4.74 Å². The highest BCUT2D eigenvalue weighted by Gasteiger charge is 2.31. The Morgan fingerprint density at radius 3 is 2.25 bits per heavy atom. The van der Waals surface area contributed by atoms with E-state index in [1.54, 1.807) is 0 Å². The highest BCUT2D eigenvalue weighted by atomic mass is 16.5. The van der Waals surface area contributed by atoms with Gasteiger partial charge in [0.15, 0.2) is 11.6 Å². The Hall–Kier alpha value is -2.93. The van der Waals surface area contributed by atoms with Crippen molar-refractivity contribution in [1.29, 1.82) is 0 Å². The van der Waals surface area contributed by atoms with Crippen LogP contribution in [0.3, 0.4) is 0 Å². The summed E-state index contributed by atoms with van der Waals surface area (Å²) in [7, 11) is 0. The first-order valence-electron chi connectivity index (χ1n) is 8.87. The number of phenolic OH excluding ortho intramolecular Hbond substituents is 2. The summed E-state index contributed by atoms with van der Waals surface area (Å²) in [6.45, 7) is 6.69. The zero-order chi connectivity index (χ0) is 21.2. The average molecular weight is 388 g/mol. The van der Waals surface area contributed by atoms with Crippen molar-refractivity contribution in [3.63, 3.8) is 0 Å². The van der Waals surface area contributed by atoms with E-state index in [9.17, 15) is 29.7 Å².